The molecule has 1 atom stereocenters. The van der Waals surface area contributed by atoms with Crippen LogP contribution in [0, 0.1) is 12.3 Å². The summed E-state index contributed by atoms with van der Waals surface area (Å²) in [6, 6.07) is 9.65. The molecule has 0 aliphatic carbocycles. The zero-order chi connectivity index (χ0) is 21.9. The third-order valence-electron chi connectivity index (χ3n) is 6.99. The van der Waals surface area contributed by atoms with Crippen LogP contribution in [0.5, 0.6) is 5.75 Å². The van der Waals surface area contributed by atoms with Crippen molar-refractivity contribution in [2.45, 2.75) is 37.8 Å². The Kier molecular flexibility index (Phi) is 4.38. The van der Waals surface area contributed by atoms with Gasteiger partial charge >= 0.3 is 0 Å². The summed E-state index contributed by atoms with van der Waals surface area (Å²) in [6.07, 6.45) is 2.57. The summed E-state index contributed by atoms with van der Waals surface area (Å²) < 4.78 is 17.7. The SMILES string of the molecule is [CH2-]Cc1ccc(C(=O)Cc2ccc3c(c2)C2(COC(N)=N2)C2(COC2)C(C)(C)O3)nc1. The Labute approximate surface area is 181 Å². The van der Waals surface area contributed by atoms with Crippen molar-refractivity contribution in [1.29, 1.82) is 0 Å². The summed E-state index contributed by atoms with van der Waals surface area (Å²) in [5.41, 5.74) is 7.55. The van der Waals surface area contributed by atoms with E-state index in [9.17, 15) is 4.79 Å². The fraction of sp³-hybridized carbons (Fsp3) is 0.417. The number of benzene rings is 1. The number of pyridine rings is 1. The maximum absolute atomic E-state index is 12.8. The molecule has 31 heavy (non-hydrogen) atoms. The quantitative estimate of drug-likeness (QED) is 0.603. The predicted molar refractivity (Wildman–Crippen MR) is 115 cm³/mol. The molecule has 2 spiro atoms. The third kappa shape index (κ3) is 2.79. The molecule has 1 aromatic heterocycles. The van der Waals surface area contributed by atoms with Crippen LogP contribution in [0.4, 0.5) is 0 Å². The standard InChI is InChI=1S/C24H26N3O4/c1-4-15-5-7-18(26-11-15)19(28)10-16-6-8-20-17(9-16)24(14-30-21(25)27-24)23(12-29-13-23)22(2,3)31-20/h5-9,11H,1,4,10,12-14H2,2-3H3,(H2,25,27)/q-1. The monoisotopic (exact) mass is 420 g/mol. The van der Waals surface area contributed by atoms with E-state index in [1.807, 2.05) is 24.3 Å². The van der Waals surface area contributed by atoms with Crippen LogP contribution in [-0.2, 0) is 27.9 Å². The molecular weight excluding hydrogens is 394 g/mol. The number of hydrogen-bond donors (Lipinski definition) is 1. The molecule has 7 nitrogen and oxygen atoms in total. The van der Waals surface area contributed by atoms with E-state index in [0.29, 0.717) is 31.9 Å². The average molecular weight is 420 g/mol. The molecule has 0 radical (unpaired) electrons. The van der Waals surface area contributed by atoms with Gasteiger partial charge in [-0.3, -0.25) is 9.78 Å². The first-order valence-corrected chi connectivity index (χ1v) is 10.5. The first kappa shape index (κ1) is 20.0. The Morgan fingerprint density at radius 2 is 1.94 bits per heavy atom. The van der Waals surface area contributed by atoms with Crippen molar-refractivity contribution in [2.24, 2.45) is 16.1 Å². The molecule has 0 bridgehead atoms. The van der Waals surface area contributed by atoms with Gasteiger partial charge in [-0.15, -0.1) is 0 Å². The van der Waals surface area contributed by atoms with Crippen molar-refractivity contribution in [1.82, 2.24) is 4.98 Å². The second kappa shape index (κ2) is 6.79. The summed E-state index contributed by atoms with van der Waals surface area (Å²) >= 11 is 0. The van der Waals surface area contributed by atoms with E-state index in [0.717, 1.165) is 22.4 Å². The zero-order valence-corrected chi connectivity index (χ0v) is 17.8. The van der Waals surface area contributed by atoms with Crippen molar-refractivity contribution >= 4 is 11.8 Å². The molecule has 7 heteroatoms. The lowest BCUT2D eigenvalue weighted by molar-refractivity contribution is -0.247. The van der Waals surface area contributed by atoms with Gasteiger partial charge in [-0.1, -0.05) is 17.7 Å². The van der Waals surface area contributed by atoms with Crippen molar-refractivity contribution in [3.05, 3.63) is 65.8 Å². The molecule has 0 amide bonds. The number of Topliss-reactive ketones (excluding diaryl/α,β-unsaturated/α-hetero) is 1. The molecule has 2 N–H and O–H groups in total. The van der Waals surface area contributed by atoms with E-state index in [4.69, 9.17) is 24.9 Å². The predicted octanol–water partition coefficient (Wildman–Crippen LogP) is 2.61. The number of amidine groups is 1. The Morgan fingerprint density at radius 3 is 2.52 bits per heavy atom. The van der Waals surface area contributed by atoms with Gasteiger partial charge in [-0.25, -0.2) is 4.99 Å². The van der Waals surface area contributed by atoms with Crippen LogP contribution in [0.25, 0.3) is 0 Å². The minimum Gasteiger partial charge on any atom is -0.487 e. The van der Waals surface area contributed by atoms with Gasteiger partial charge in [0.05, 0.1) is 18.6 Å². The van der Waals surface area contributed by atoms with Gasteiger partial charge in [0.15, 0.2) is 5.78 Å². The number of ketones is 1. The summed E-state index contributed by atoms with van der Waals surface area (Å²) in [6.45, 7) is 9.29. The lowest BCUT2D eigenvalue weighted by Gasteiger charge is -2.61. The molecule has 1 fully saturated rings. The molecule has 3 aliphatic heterocycles. The zero-order valence-electron chi connectivity index (χ0n) is 17.8. The molecule has 0 saturated carbocycles. The molecule has 1 unspecified atom stereocenters. The van der Waals surface area contributed by atoms with Gasteiger partial charge in [0.25, 0.3) is 6.02 Å². The van der Waals surface area contributed by atoms with E-state index < -0.39 is 16.6 Å². The highest BCUT2D eigenvalue weighted by Gasteiger charge is 2.71. The largest absolute Gasteiger partial charge is 0.487 e. The van der Waals surface area contributed by atoms with Crippen LogP contribution in [-0.4, -0.2) is 42.2 Å². The number of rotatable bonds is 4. The topological polar surface area (TPSA) is 96.0 Å². The number of fused-ring (bicyclic) bond motifs is 3. The van der Waals surface area contributed by atoms with Crippen LogP contribution < -0.4 is 10.5 Å². The van der Waals surface area contributed by atoms with Crippen LogP contribution in [0.1, 0.15) is 41.0 Å². The van der Waals surface area contributed by atoms with Crippen LogP contribution in [0.3, 0.4) is 0 Å². The minimum absolute atomic E-state index is 0.0472. The maximum Gasteiger partial charge on any atom is 0.283 e. The number of aromatic nitrogens is 1. The molecule has 2 aromatic rings. The van der Waals surface area contributed by atoms with Gasteiger partial charge in [0.1, 0.15) is 29.2 Å². The van der Waals surface area contributed by atoms with E-state index >= 15 is 0 Å². The number of aliphatic imine (C=N–C) groups is 1. The van der Waals surface area contributed by atoms with Gasteiger partial charge in [0.2, 0.25) is 0 Å². The van der Waals surface area contributed by atoms with Crippen LogP contribution >= 0.6 is 0 Å². The molecule has 162 valence electrons. The Balaban J connectivity index is 1.53. The van der Waals surface area contributed by atoms with Gasteiger partial charge in [0, 0.05) is 18.2 Å². The van der Waals surface area contributed by atoms with Crippen molar-refractivity contribution in [3.8, 4) is 5.75 Å². The van der Waals surface area contributed by atoms with Crippen molar-refractivity contribution < 1.29 is 19.0 Å². The normalized spacial score (nSPS) is 24.7. The highest BCUT2D eigenvalue weighted by molar-refractivity contribution is 5.95. The average Bonchev–Trinajstić information content (AvgIpc) is 3.09. The first-order valence-electron chi connectivity index (χ1n) is 10.5. The summed E-state index contributed by atoms with van der Waals surface area (Å²) in [5.74, 6) is 0.688. The van der Waals surface area contributed by atoms with Gasteiger partial charge < -0.3 is 26.9 Å². The summed E-state index contributed by atoms with van der Waals surface area (Å²) in [5, 5.41) is 0. The number of ether oxygens (including phenoxy) is 3. The molecular formula is C24H26N3O4-. The molecule has 3 aliphatic rings. The number of hydrogen-bond acceptors (Lipinski definition) is 7. The molecule has 1 saturated heterocycles. The van der Waals surface area contributed by atoms with Gasteiger partial charge in [-0.2, -0.15) is 6.42 Å². The van der Waals surface area contributed by atoms with Crippen LogP contribution in [0.15, 0.2) is 41.5 Å². The Morgan fingerprint density at radius 1 is 1.16 bits per heavy atom. The molecule has 4 heterocycles. The van der Waals surface area contributed by atoms with Crippen LogP contribution in [0.2, 0.25) is 0 Å². The smallest absolute Gasteiger partial charge is 0.283 e. The number of carbonyl (C=O) groups excluding carboxylic acids is 1. The highest BCUT2D eigenvalue weighted by atomic mass is 16.5. The Hall–Kier alpha value is -2.93. The summed E-state index contributed by atoms with van der Waals surface area (Å²) in [4.78, 5) is 21.9. The number of nitrogens with two attached hydrogens (primary N) is 1. The summed E-state index contributed by atoms with van der Waals surface area (Å²) in [7, 11) is 0. The van der Waals surface area contributed by atoms with Crippen molar-refractivity contribution in [3.63, 3.8) is 0 Å². The second-order valence-electron chi connectivity index (χ2n) is 9.02. The lowest BCUT2D eigenvalue weighted by Crippen LogP contribution is -2.71. The number of carbonyl (C=O) groups is 1. The maximum atomic E-state index is 12.8. The fourth-order valence-electron chi connectivity index (χ4n) is 4.95. The Bertz CT molecular complexity index is 1070. The van der Waals surface area contributed by atoms with E-state index in [2.05, 4.69) is 25.8 Å². The lowest BCUT2D eigenvalue weighted by atomic mass is 9.55. The first-order chi connectivity index (χ1) is 14.8. The van der Waals surface area contributed by atoms with E-state index in [-0.39, 0.29) is 18.2 Å². The second-order valence-corrected chi connectivity index (χ2v) is 9.02. The van der Waals surface area contributed by atoms with E-state index in [1.165, 1.54) is 0 Å². The molecule has 1 aromatic carbocycles. The minimum atomic E-state index is -0.709. The molecule has 5 rings (SSSR count). The third-order valence-corrected chi connectivity index (χ3v) is 6.99. The fourth-order valence-corrected chi connectivity index (χ4v) is 4.95. The van der Waals surface area contributed by atoms with Crippen molar-refractivity contribution in [2.75, 3.05) is 19.8 Å². The number of nitrogens with zero attached hydrogens (tertiary/aromatic N) is 2. The van der Waals surface area contributed by atoms with E-state index in [1.54, 1.807) is 12.3 Å². The highest BCUT2D eigenvalue weighted by Crippen LogP contribution is 2.62. The van der Waals surface area contributed by atoms with Gasteiger partial charge in [-0.05, 0) is 37.6 Å².